The molecule has 2 aromatic rings. The number of tetrazole rings is 1. The van der Waals surface area contributed by atoms with Crippen LogP contribution in [-0.4, -0.2) is 35.6 Å². The predicted octanol–water partition coefficient (Wildman–Crippen LogP) is 3.16. The van der Waals surface area contributed by atoms with Gasteiger partial charge in [0, 0.05) is 25.6 Å². The van der Waals surface area contributed by atoms with E-state index in [0.29, 0.717) is 0 Å². The van der Waals surface area contributed by atoms with Crippen molar-refractivity contribution >= 4 is 17.2 Å². The monoisotopic (exact) mass is 331 g/mol. The van der Waals surface area contributed by atoms with E-state index in [2.05, 4.69) is 65.5 Å². The third-order valence-corrected chi connectivity index (χ3v) is 4.22. The van der Waals surface area contributed by atoms with E-state index in [4.69, 9.17) is 12.2 Å². The summed E-state index contributed by atoms with van der Waals surface area (Å²) in [7, 11) is 1.87. The van der Waals surface area contributed by atoms with E-state index in [1.165, 1.54) is 5.56 Å². The lowest BCUT2D eigenvalue weighted by Gasteiger charge is -2.38. The Labute approximate surface area is 143 Å². The van der Waals surface area contributed by atoms with Crippen molar-refractivity contribution in [2.24, 2.45) is 7.05 Å². The summed E-state index contributed by atoms with van der Waals surface area (Å²) in [5.41, 5.74) is 1.28. The highest BCUT2D eigenvalue weighted by molar-refractivity contribution is 7.80. The van der Waals surface area contributed by atoms with Gasteiger partial charge in [-0.15, -0.1) is 5.10 Å². The summed E-state index contributed by atoms with van der Waals surface area (Å²) in [6.45, 7) is 7.45. The van der Waals surface area contributed by atoms with Crippen molar-refractivity contribution in [2.75, 3.05) is 0 Å². The molecule has 0 bridgehead atoms. The molecule has 0 aliphatic carbocycles. The fraction of sp³-hybridized carbons (Fsp3) is 0.529. The number of thiocarbonyl (C=S) groups is 1. The van der Waals surface area contributed by atoms with E-state index in [-0.39, 0.29) is 5.54 Å². The Morgan fingerprint density at radius 2 is 1.91 bits per heavy atom. The van der Waals surface area contributed by atoms with Crippen LogP contribution < -0.4 is 0 Å². The first-order valence-corrected chi connectivity index (χ1v) is 8.34. The Morgan fingerprint density at radius 1 is 1.22 bits per heavy atom. The number of rotatable bonds is 6. The van der Waals surface area contributed by atoms with Gasteiger partial charge in [0.05, 0.1) is 4.99 Å². The van der Waals surface area contributed by atoms with Crippen molar-refractivity contribution in [1.82, 2.24) is 25.1 Å². The average Bonchev–Trinajstić information content (AvgIpc) is 2.90. The summed E-state index contributed by atoms with van der Waals surface area (Å²) in [4.78, 5) is 3.31. The van der Waals surface area contributed by atoms with Crippen LogP contribution in [0.15, 0.2) is 30.3 Å². The molecule has 0 saturated carbocycles. The average molecular weight is 331 g/mol. The maximum atomic E-state index is 5.72. The minimum atomic E-state index is -0.000735. The summed E-state index contributed by atoms with van der Waals surface area (Å²) in [5, 5.41) is 11.5. The fourth-order valence-corrected chi connectivity index (χ4v) is 2.94. The summed E-state index contributed by atoms with van der Waals surface area (Å²) in [5.74, 6) is 0.901. The van der Waals surface area contributed by atoms with E-state index < -0.39 is 0 Å². The first-order valence-electron chi connectivity index (χ1n) is 7.93. The zero-order chi connectivity index (χ0) is 16.9. The highest BCUT2D eigenvalue weighted by Gasteiger charge is 2.23. The standard InChI is InChI=1S/C17H25N5S/c1-17(2,3)22(13-14-9-6-5-7-10-14)16(23)12-8-11-15-18-19-20-21(15)4/h5-7,9-10H,8,11-13H2,1-4H3. The van der Waals surface area contributed by atoms with Gasteiger partial charge < -0.3 is 4.90 Å². The molecule has 1 heterocycles. The molecular weight excluding hydrogens is 306 g/mol. The summed E-state index contributed by atoms with van der Waals surface area (Å²) in [6, 6.07) is 10.5. The van der Waals surface area contributed by atoms with E-state index in [1.807, 2.05) is 13.1 Å². The quantitative estimate of drug-likeness (QED) is 0.761. The van der Waals surface area contributed by atoms with Crippen LogP contribution in [0.1, 0.15) is 45.0 Å². The number of hydrogen-bond donors (Lipinski definition) is 0. The van der Waals surface area contributed by atoms with Crippen LogP contribution in [0.3, 0.4) is 0 Å². The molecule has 1 aromatic carbocycles. The van der Waals surface area contributed by atoms with Gasteiger partial charge in [0.1, 0.15) is 0 Å². The lowest BCUT2D eigenvalue weighted by Crippen LogP contribution is -2.44. The van der Waals surface area contributed by atoms with Crippen molar-refractivity contribution in [3.05, 3.63) is 41.7 Å². The smallest absolute Gasteiger partial charge is 0.150 e. The molecule has 0 fully saturated rings. The topological polar surface area (TPSA) is 46.8 Å². The largest absolute Gasteiger partial charge is 0.357 e. The van der Waals surface area contributed by atoms with Gasteiger partial charge in [-0.2, -0.15) is 0 Å². The lowest BCUT2D eigenvalue weighted by molar-refractivity contribution is 0.229. The highest BCUT2D eigenvalue weighted by atomic mass is 32.1. The summed E-state index contributed by atoms with van der Waals surface area (Å²) < 4.78 is 1.72. The highest BCUT2D eigenvalue weighted by Crippen LogP contribution is 2.20. The Hall–Kier alpha value is -1.82. The van der Waals surface area contributed by atoms with Crippen molar-refractivity contribution in [1.29, 1.82) is 0 Å². The lowest BCUT2D eigenvalue weighted by atomic mass is 10.0. The maximum Gasteiger partial charge on any atom is 0.150 e. The normalized spacial score (nSPS) is 11.5. The van der Waals surface area contributed by atoms with E-state index in [1.54, 1.807) is 4.68 Å². The zero-order valence-corrected chi connectivity index (χ0v) is 15.2. The summed E-state index contributed by atoms with van der Waals surface area (Å²) >= 11 is 5.72. The Bertz CT molecular complexity index is 630. The molecule has 5 nitrogen and oxygen atoms in total. The van der Waals surface area contributed by atoms with Crippen LogP contribution in [0.2, 0.25) is 0 Å². The molecule has 0 aliphatic rings. The van der Waals surface area contributed by atoms with Gasteiger partial charge in [0.15, 0.2) is 5.82 Å². The predicted molar refractivity (Wildman–Crippen MR) is 96.1 cm³/mol. The van der Waals surface area contributed by atoms with E-state index in [0.717, 1.165) is 36.6 Å². The minimum Gasteiger partial charge on any atom is -0.357 e. The van der Waals surface area contributed by atoms with Crippen LogP contribution in [0.5, 0.6) is 0 Å². The van der Waals surface area contributed by atoms with Crippen LogP contribution in [0.4, 0.5) is 0 Å². The molecule has 1 aromatic heterocycles. The molecule has 0 atom stereocenters. The van der Waals surface area contributed by atoms with E-state index >= 15 is 0 Å². The fourth-order valence-electron chi connectivity index (χ4n) is 2.46. The van der Waals surface area contributed by atoms with Gasteiger partial charge in [-0.1, -0.05) is 42.5 Å². The number of hydrogen-bond acceptors (Lipinski definition) is 4. The number of aryl methyl sites for hydroxylation is 2. The van der Waals surface area contributed by atoms with Gasteiger partial charge in [0.25, 0.3) is 0 Å². The third-order valence-electron chi connectivity index (χ3n) is 3.79. The van der Waals surface area contributed by atoms with Gasteiger partial charge in [-0.3, -0.25) is 0 Å². The van der Waals surface area contributed by atoms with Gasteiger partial charge in [0.2, 0.25) is 0 Å². The molecule has 0 radical (unpaired) electrons. The van der Waals surface area contributed by atoms with Gasteiger partial charge >= 0.3 is 0 Å². The van der Waals surface area contributed by atoms with Gasteiger partial charge in [-0.05, 0) is 49.6 Å². The maximum absolute atomic E-state index is 5.72. The second-order valence-corrected chi connectivity index (χ2v) is 7.18. The van der Waals surface area contributed by atoms with Gasteiger partial charge in [-0.25, -0.2) is 4.68 Å². The molecule has 0 aliphatic heterocycles. The number of benzene rings is 1. The van der Waals surface area contributed by atoms with Crippen LogP contribution in [-0.2, 0) is 20.0 Å². The molecular formula is C17H25N5S. The second-order valence-electron chi connectivity index (χ2n) is 6.71. The molecule has 0 amide bonds. The first kappa shape index (κ1) is 17.5. The molecule has 124 valence electrons. The molecule has 0 saturated heterocycles. The van der Waals surface area contributed by atoms with Crippen LogP contribution >= 0.6 is 12.2 Å². The van der Waals surface area contributed by atoms with Crippen molar-refractivity contribution in [3.63, 3.8) is 0 Å². The molecule has 0 unspecified atom stereocenters. The first-order chi connectivity index (χ1) is 10.9. The molecule has 0 spiro atoms. The zero-order valence-electron chi connectivity index (χ0n) is 14.4. The molecule has 23 heavy (non-hydrogen) atoms. The Balaban J connectivity index is 1.96. The third kappa shape index (κ3) is 5.10. The van der Waals surface area contributed by atoms with Crippen molar-refractivity contribution < 1.29 is 0 Å². The van der Waals surface area contributed by atoms with Crippen molar-refractivity contribution in [3.8, 4) is 0 Å². The Kier molecular flexibility index (Phi) is 5.82. The van der Waals surface area contributed by atoms with Crippen molar-refractivity contribution in [2.45, 2.75) is 52.1 Å². The number of nitrogens with zero attached hydrogens (tertiary/aromatic N) is 5. The van der Waals surface area contributed by atoms with Crippen LogP contribution in [0.25, 0.3) is 0 Å². The van der Waals surface area contributed by atoms with Crippen LogP contribution in [0, 0.1) is 0 Å². The molecule has 6 heteroatoms. The minimum absolute atomic E-state index is 0.000735. The van der Waals surface area contributed by atoms with E-state index in [9.17, 15) is 0 Å². The SMILES string of the molecule is Cn1nnnc1CCCC(=S)N(Cc1ccccc1)C(C)(C)C. The Morgan fingerprint density at radius 3 is 2.48 bits per heavy atom. The molecule has 0 N–H and O–H groups in total. The second kappa shape index (κ2) is 7.64. The number of aromatic nitrogens is 4. The molecule has 2 rings (SSSR count). The summed E-state index contributed by atoms with van der Waals surface area (Å²) in [6.07, 6.45) is 2.66.